The molecule has 0 unspecified atom stereocenters. The lowest BCUT2D eigenvalue weighted by Gasteiger charge is -2.38. The molecule has 2 N–H and O–H groups in total. The summed E-state index contributed by atoms with van der Waals surface area (Å²) in [6, 6.07) is 17.4. The summed E-state index contributed by atoms with van der Waals surface area (Å²) in [7, 11) is 0. The second-order valence-electron chi connectivity index (χ2n) is 6.49. The number of rotatable bonds is 6. The average Bonchev–Trinajstić information content (AvgIpc) is 3.23. The Labute approximate surface area is 167 Å². The second kappa shape index (κ2) is 8.22. The minimum absolute atomic E-state index is 0.0245. The molecule has 0 aliphatic carbocycles. The van der Waals surface area contributed by atoms with E-state index in [0.29, 0.717) is 30.1 Å². The number of hydrogen-bond donors (Lipinski definition) is 2. The number of aromatic nitrogens is 1. The molecule has 2 heterocycles. The summed E-state index contributed by atoms with van der Waals surface area (Å²) in [6.07, 6.45) is 2.29. The Bertz CT molecular complexity index is 960. The topological polar surface area (TPSA) is 74.3 Å². The molecule has 7 heteroatoms. The number of fused-ring (bicyclic) bond motifs is 1. The van der Waals surface area contributed by atoms with Gasteiger partial charge in [-0.3, -0.25) is 9.59 Å². The van der Waals surface area contributed by atoms with E-state index in [-0.39, 0.29) is 18.0 Å². The molecular formula is C21H20N4O2S. The van der Waals surface area contributed by atoms with Crippen molar-refractivity contribution in [2.24, 2.45) is 0 Å². The lowest BCUT2D eigenvalue weighted by atomic mass is 10.0. The van der Waals surface area contributed by atoms with Gasteiger partial charge in [0.15, 0.2) is 5.13 Å². The van der Waals surface area contributed by atoms with Crippen LogP contribution in [0.1, 0.15) is 34.9 Å². The standard InChI is InChI=1S/C21H20N4O2S/c26-18(24-21-22-12-14-28-21)11-6-13-25-19(15-7-2-1-3-8-15)23-17-10-5-4-9-16(17)20(25)27/h1-5,7-10,12,14,19,23H,6,11,13H2,(H,22,24,26)/t19-/m1/s1. The molecule has 28 heavy (non-hydrogen) atoms. The molecule has 1 aliphatic heterocycles. The monoisotopic (exact) mass is 392 g/mol. The lowest BCUT2D eigenvalue weighted by molar-refractivity contribution is -0.116. The van der Waals surface area contributed by atoms with Crippen molar-refractivity contribution in [3.8, 4) is 0 Å². The molecule has 3 aromatic rings. The van der Waals surface area contributed by atoms with Gasteiger partial charge in [0.2, 0.25) is 5.91 Å². The highest BCUT2D eigenvalue weighted by Gasteiger charge is 2.32. The van der Waals surface area contributed by atoms with Gasteiger partial charge < -0.3 is 15.5 Å². The van der Waals surface area contributed by atoms with E-state index < -0.39 is 0 Å². The molecule has 4 rings (SSSR count). The second-order valence-corrected chi connectivity index (χ2v) is 7.39. The van der Waals surface area contributed by atoms with Gasteiger partial charge in [-0.05, 0) is 24.1 Å². The zero-order valence-corrected chi connectivity index (χ0v) is 16.0. The lowest BCUT2D eigenvalue weighted by Crippen LogP contribution is -2.43. The number of anilines is 2. The third-order valence-corrected chi connectivity index (χ3v) is 5.31. The Balaban J connectivity index is 1.48. The molecule has 0 bridgehead atoms. The maximum Gasteiger partial charge on any atom is 0.257 e. The smallest absolute Gasteiger partial charge is 0.257 e. The van der Waals surface area contributed by atoms with Gasteiger partial charge in [-0.2, -0.15) is 0 Å². The van der Waals surface area contributed by atoms with E-state index in [1.807, 2.05) is 60.0 Å². The Morgan fingerprint density at radius 1 is 1.14 bits per heavy atom. The number of amides is 2. The third-order valence-electron chi connectivity index (χ3n) is 4.62. The number of thiazole rings is 1. The van der Waals surface area contributed by atoms with Gasteiger partial charge in [0.1, 0.15) is 6.17 Å². The van der Waals surface area contributed by atoms with E-state index in [0.717, 1.165) is 11.3 Å². The summed E-state index contributed by atoms with van der Waals surface area (Å²) in [5.41, 5.74) is 2.50. The van der Waals surface area contributed by atoms with Gasteiger partial charge >= 0.3 is 0 Å². The van der Waals surface area contributed by atoms with Crippen molar-refractivity contribution >= 4 is 34.0 Å². The zero-order valence-electron chi connectivity index (χ0n) is 15.2. The molecule has 0 radical (unpaired) electrons. The minimum atomic E-state index is -0.259. The summed E-state index contributed by atoms with van der Waals surface area (Å²) in [5, 5.41) is 8.65. The number of carbonyl (C=O) groups excluding carboxylic acids is 2. The van der Waals surface area contributed by atoms with Crippen molar-refractivity contribution in [1.29, 1.82) is 0 Å². The fraction of sp³-hybridized carbons (Fsp3) is 0.190. The molecule has 2 amide bonds. The molecule has 1 aliphatic rings. The summed E-state index contributed by atoms with van der Waals surface area (Å²) in [6.45, 7) is 0.477. The van der Waals surface area contributed by atoms with Crippen molar-refractivity contribution < 1.29 is 9.59 Å². The first-order chi connectivity index (χ1) is 13.7. The number of nitrogens with one attached hydrogen (secondary N) is 2. The zero-order chi connectivity index (χ0) is 19.3. The van der Waals surface area contributed by atoms with Crippen LogP contribution in [-0.4, -0.2) is 28.2 Å². The summed E-state index contributed by atoms with van der Waals surface area (Å²) < 4.78 is 0. The Kier molecular flexibility index (Phi) is 5.34. The Morgan fingerprint density at radius 2 is 1.93 bits per heavy atom. The number of nitrogens with zero attached hydrogens (tertiary/aromatic N) is 2. The highest BCUT2D eigenvalue weighted by Crippen LogP contribution is 2.33. The highest BCUT2D eigenvalue weighted by atomic mass is 32.1. The SMILES string of the molecule is O=C(CCCN1C(=O)c2ccccc2N[C@H]1c1ccccc1)Nc1nccs1. The van der Waals surface area contributed by atoms with Crippen LogP contribution in [0, 0.1) is 0 Å². The van der Waals surface area contributed by atoms with Crippen molar-refractivity contribution in [3.05, 3.63) is 77.3 Å². The van der Waals surface area contributed by atoms with Crippen LogP contribution in [0.3, 0.4) is 0 Å². The number of hydrogen-bond acceptors (Lipinski definition) is 5. The molecule has 142 valence electrons. The van der Waals surface area contributed by atoms with Gasteiger partial charge in [0, 0.05) is 30.2 Å². The van der Waals surface area contributed by atoms with Crippen LogP contribution in [0.4, 0.5) is 10.8 Å². The van der Waals surface area contributed by atoms with Crippen LogP contribution in [0.25, 0.3) is 0 Å². The molecule has 0 saturated heterocycles. The maximum atomic E-state index is 13.1. The first-order valence-electron chi connectivity index (χ1n) is 9.13. The Hall–Kier alpha value is -3.19. The van der Waals surface area contributed by atoms with Crippen molar-refractivity contribution in [2.75, 3.05) is 17.2 Å². The Morgan fingerprint density at radius 3 is 2.71 bits per heavy atom. The molecule has 1 aromatic heterocycles. The fourth-order valence-electron chi connectivity index (χ4n) is 3.30. The van der Waals surface area contributed by atoms with Crippen LogP contribution in [0.2, 0.25) is 0 Å². The number of para-hydroxylation sites is 1. The largest absolute Gasteiger partial charge is 0.361 e. The molecule has 1 atom stereocenters. The van der Waals surface area contributed by atoms with Gasteiger partial charge in [-0.15, -0.1) is 11.3 Å². The van der Waals surface area contributed by atoms with Gasteiger partial charge in [0.05, 0.1) is 5.56 Å². The number of carbonyl (C=O) groups is 2. The van der Waals surface area contributed by atoms with Crippen molar-refractivity contribution in [3.63, 3.8) is 0 Å². The quantitative estimate of drug-likeness (QED) is 0.661. The van der Waals surface area contributed by atoms with Gasteiger partial charge in [0.25, 0.3) is 5.91 Å². The molecule has 0 spiro atoms. The van der Waals surface area contributed by atoms with Crippen LogP contribution in [0.5, 0.6) is 0 Å². The van der Waals surface area contributed by atoms with Crippen LogP contribution >= 0.6 is 11.3 Å². The first-order valence-corrected chi connectivity index (χ1v) is 10.0. The third kappa shape index (κ3) is 3.89. The average molecular weight is 392 g/mol. The predicted octanol–water partition coefficient (Wildman–Crippen LogP) is 4.13. The predicted molar refractivity (Wildman–Crippen MR) is 110 cm³/mol. The molecule has 2 aromatic carbocycles. The van der Waals surface area contributed by atoms with E-state index in [1.54, 1.807) is 11.1 Å². The van der Waals surface area contributed by atoms with E-state index in [2.05, 4.69) is 15.6 Å². The summed E-state index contributed by atoms with van der Waals surface area (Å²) in [5.74, 6) is -0.118. The van der Waals surface area contributed by atoms with E-state index in [4.69, 9.17) is 0 Å². The molecule has 0 fully saturated rings. The van der Waals surface area contributed by atoms with Crippen LogP contribution in [-0.2, 0) is 4.79 Å². The normalized spacial score (nSPS) is 15.6. The van der Waals surface area contributed by atoms with Crippen LogP contribution in [0.15, 0.2) is 66.2 Å². The highest BCUT2D eigenvalue weighted by molar-refractivity contribution is 7.13. The van der Waals surface area contributed by atoms with E-state index in [1.165, 1.54) is 11.3 Å². The minimum Gasteiger partial charge on any atom is -0.361 e. The van der Waals surface area contributed by atoms with Gasteiger partial charge in [-0.1, -0.05) is 42.5 Å². The molecule has 6 nitrogen and oxygen atoms in total. The van der Waals surface area contributed by atoms with Gasteiger partial charge in [-0.25, -0.2) is 4.98 Å². The van der Waals surface area contributed by atoms with Crippen molar-refractivity contribution in [2.45, 2.75) is 19.0 Å². The van der Waals surface area contributed by atoms with E-state index >= 15 is 0 Å². The summed E-state index contributed by atoms with van der Waals surface area (Å²) in [4.78, 5) is 31.1. The van der Waals surface area contributed by atoms with Crippen LogP contribution < -0.4 is 10.6 Å². The molecule has 0 saturated carbocycles. The summed E-state index contributed by atoms with van der Waals surface area (Å²) >= 11 is 1.39. The van der Waals surface area contributed by atoms with E-state index in [9.17, 15) is 9.59 Å². The van der Waals surface area contributed by atoms with Crippen molar-refractivity contribution in [1.82, 2.24) is 9.88 Å². The molecular weight excluding hydrogens is 372 g/mol. The fourth-order valence-corrected chi connectivity index (χ4v) is 3.84. The number of benzene rings is 2. The first kappa shape index (κ1) is 18.2. The maximum absolute atomic E-state index is 13.1.